The van der Waals surface area contributed by atoms with Gasteiger partial charge in [0.05, 0.1) is 0 Å². The number of hydrogen-bond acceptors (Lipinski definition) is 3. The van der Waals surface area contributed by atoms with E-state index in [4.69, 9.17) is 10.8 Å². The highest BCUT2D eigenvalue weighted by atomic mass is 16.3. The minimum atomic E-state index is 0.100. The number of likely N-dealkylation sites (tertiary alicyclic amines) is 1. The van der Waals surface area contributed by atoms with Gasteiger partial charge in [-0.15, -0.1) is 0 Å². The lowest BCUT2D eigenvalue weighted by Crippen LogP contribution is -2.46. The number of amides is 1. The molecule has 0 aromatic rings. The summed E-state index contributed by atoms with van der Waals surface area (Å²) < 4.78 is 0. The summed E-state index contributed by atoms with van der Waals surface area (Å²) in [5, 5.41) is 9.17. The lowest BCUT2D eigenvalue weighted by molar-refractivity contribution is -0.137. The van der Waals surface area contributed by atoms with Gasteiger partial charge >= 0.3 is 0 Å². The zero-order valence-electron chi connectivity index (χ0n) is 10.5. The standard InChI is InChI=1S/C13H24N2O2/c14-10-13(4-2-5-13)7-12(17)15-6-1-3-11(8-15)9-16/h11,16H,1-10,14H2. The molecule has 0 aromatic carbocycles. The van der Waals surface area contributed by atoms with Gasteiger partial charge in [-0.05, 0) is 43.6 Å². The third-order valence-electron chi connectivity index (χ3n) is 4.50. The van der Waals surface area contributed by atoms with Crippen molar-refractivity contribution in [3.8, 4) is 0 Å². The third-order valence-corrected chi connectivity index (χ3v) is 4.50. The molecule has 0 aromatic heterocycles. The largest absolute Gasteiger partial charge is 0.396 e. The van der Waals surface area contributed by atoms with Crippen LogP contribution >= 0.6 is 0 Å². The van der Waals surface area contributed by atoms with E-state index in [0.29, 0.717) is 13.0 Å². The number of hydrogen-bond donors (Lipinski definition) is 2. The fraction of sp³-hybridized carbons (Fsp3) is 0.923. The Morgan fingerprint density at radius 3 is 2.71 bits per heavy atom. The normalized spacial score (nSPS) is 27.6. The quantitative estimate of drug-likeness (QED) is 0.761. The molecule has 3 N–H and O–H groups in total. The smallest absolute Gasteiger partial charge is 0.223 e. The van der Waals surface area contributed by atoms with Crippen molar-refractivity contribution in [3.63, 3.8) is 0 Å². The van der Waals surface area contributed by atoms with Crippen LogP contribution in [0.2, 0.25) is 0 Å². The molecule has 0 bridgehead atoms. The van der Waals surface area contributed by atoms with Crippen LogP contribution in [0.3, 0.4) is 0 Å². The van der Waals surface area contributed by atoms with Gasteiger partial charge in [-0.2, -0.15) is 0 Å². The van der Waals surface area contributed by atoms with E-state index in [2.05, 4.69) is 0 Å². The van der Waals surface area contributed by atoms with Crippen molar-refractivity contribution >= 4 is 5.91 Å². The van der Waals surface area contributed by atoms with Crippen molar-refractivity contribution in [2.75, 3.05) is 26.2 Å². The topological polar surface area (TPSA) is 66.6 Å². The van der Waals surface area contributed by atoms with Crippen LogP contribution in [0.1, 0.15) is 38.5 Å². The molecular weight excluding hydrogens is 216 g/mol. The molecule has 2 rings (SSSR count). The summed E-state index contributed by atoms with van der Waals surface area (Å²) in [4.78, 5) is 14.1. The highest BCUT2D eigenvalue weighted by Gasteiger charge is 2.39. The van der Waals surface area contributed by atoms with E-state index in [-0.39, 0.29) is 23.8 Å². The Morgan fingerprint density at radius 1 is 1.41 bits per heavy atom. The molecule has 0 spiro atoms. The number of aliphatic hydroxyl groups is 1. The van der Waals surface area contributed by atoms with Gasteiger partial charge in [0.2, 0.25) is 5.91 Å². The molecule has 2 fully saturated rings. The molecule has 1 aliphatic carbocycles. The second-order valence-electron chi connectivity index (χ2n) is 5.77. The molecule has 1 heterocycles. The maximum atomic E-state index is 12.2. The lowest BCUT2D eigenvalue weighted by Gasteiger charge is -2.42. The Balaban J connectivity index is 1.86. The molecule has 1 amide bonds. The van der Waals surface area contributed by atoms with Crippen molar-refractivity contribution in [3.05, 3.63) is 0 Å². The summed E-state index contributed by atoms with van der Waals surface area (Å²) in [5.41, 5.74) is 5.89. The van der Waals surface area contributed by atoms with Crippen LogP contribution in [0.5, 0.6) is 0 Å². The van der Waals surface area contributed by atoms with Crippen molar-refractivity contribution in [2.45, 2.75) is 38.5 Å². The molecule has 17 heavy (non-hydrogen) atoms. The molecule has 2 aliphatic rings. The second kappa shape index (κ2) is 5.36. The van der Waals surface area contributed by atoms with Crippen LogP contribution < -0.4 is 5.73 Å². The number of rotatable bonds is 4. The predicted molar refractivity (Wildman–Crippen MR) is 66.3 cm³/mol. The summed E-state index contributed by atoms with van der Waals surface area (Å²) in [7, 11) is 0. The average Bonchev–Trinajstić information content (AvgIpc) is 2.33. The van der Waals surface area contributed by atoms with E-state index in [1.165, 1.54) is 6.42 Å². The Kier molecular flexibility index (Phi) is 4.05. The SMILES string of the molecule is NCC1(CC(=O)N2CCCC(CO)C2)CCC1. The highest BCUT2D eigenvalue weighted by molar-refractivity contribution is 5.77. The van der Waals surface area contributed by atoms with Crippen LogP contribution in [0.15, 0.2) is 0 Å². The van der Waals surface area contributed by atoms with Gasteiger partial charge in [-0.1, -0.05) is 6.42 Å². The molecular formula is C13H24N2O2. The number of nitrogens with two attached hydrogens (primary N) is 1. The number of nitrogens with zero attached hydrogens (tertiary/aromatic N) is 1. The maximum absolute atomic E-state index is 12.2. The van der Waals surface area contributed by atoms with Crippen molar-refractivity contribution in [2.24, 2.45) is 17.1 Å². The van der Waals surface area contributed by atoms with Crippen LogP contribution in [0.4, 0.5) is 0 Å². The van der Waals surface area contributed by atoms with E-state index in [0.717, 1.165) is 38.8 Å². The first-order valence-corrected chi connectivity index (χ1v) is 6.78. The monoisotopic (exact) mass is 240 g/mol. The average molecular weight is 240 g/mol. The van der Waals surface area contributed by atoms with Gasteiger partial charge in [-0.25, -0.2) is 0 Å². The van der Waals surface area contributed by atoms with E-state index < -0.39 is 0 Å². The Hall–Kier alpha value is -0.610. The molecule has 98 valence electrons. The molecule has 1 saturated heterocycles. The molecule has 1 aliphatic heterocycles. The molecule has 4 heteroatoms. The van der Waals surface area contributed by atoms with Gasteiger partial charge < -0.3 is 15.7 Å². The zero-order chi connectivity index (χ0) is 12.3. The van der Waals surface area contributed by atoms with Gasteiger partial charge in [0.1, 0.15) is 0 Å². The number of carbonyl (C=O) groups excluding carboxylic acids is 1. The fourth-order valence-electron chi connectivity index (χ4n) is 3.00. The van der Waals surface area contributed by atoms with E-state index in [1.807, 2.05) is 4.90 Å². The number of piperidine rings is 1. The minimum Gasteiger partial charge on any atom is -0.396 e. The van der Waals surface area contributed by atoms with Crippen LogP contribution in [0, 0.1) is 11.3 Å². The summed E-state index contributed by atoms with van der Waals surface area (Å²) in [5.74, 6) is 0.524. The Morgan fingerprint density at radius 2 is 2.18 bits per heavy atom. The maximum Gasteiger partial charge on any atom is 0.223 e. The molecule has 1 unspecified atom stereocenters. The lowest BCUT2D eigenvalue weighted by atomic mass is 9.66. The first-order chi connectivity index (χ1) is 8.19. The zero-order valence-corrected chi connectivity index (χ0v) is 10.5. The Labute approximate surface area is 103 Å². The predicted octanol–water partition coefficient (Wildman–Crippen LogP) is 0.736. The van der Waals surface area contributed by atoms with Crippen LogP contribution in [-0.4, -0.2) is 42.2 Å². The molecule has 0 radical (unpaired) electrons. The van der Waals surface area contributed by atoms with E-state index in [1.54, 1.807) is 0 Å². The van der Waals surface area contributed by atoms with E-state index in [9.17, 15) is 4.79 Å². The third kappa shape index (κ3) is 2.80. The first kappa shape index (κ1) is 12.8. The van der Waals surface area contributed by atoms with Crippen molar-refractivity contribution < 1.29 is 9.90 Å². The van der Waals surface area contributed by atoms with E-state index >= 15 is 0 Å². The van der Waals surface area contributed by atoms with Crippen LogP contribution in [-0.2, 0) is 4.79 Å². The van der Waals surface area contributed by atoms with Gasteiger partial charge in [0.15, 0.2) is 0 Å². The summed E-state index contributed by atoms with van der Waals surface area (Å²) in [6, 6.07) is 0. The summed E-state index contributed by atoms with van der Waals surface area (Å²) in [6.07, 6.45) is 6.10. The second-order valence-corrected chi connectivity index (χ2v) is 5.77. The number of carbonyl (C=O) groups is 1. The van der Waals surface area contributed by atoms with Gasteiger partial charge in [-0.3, -0.25) is 4.79 Å². The highest BCUT2D eigenvalue weighted by Crippen LogP contribution is 2.43. The van der Waals surface area contributed by atoms with Crippen molar-refractivity contribution in [1.29, 1.82) is 0 Å². The summed E-state index contributed by atoms with van der Waals surface area (Å²) in [6.45, 7) is 2.42. The molecule has 4 nitrogen and oxygen atoms in total. The summed E-state index contributed by atoms with van der Waals surface area (Å²) >= 11 is 0. The number of aliphatic hydroxyl groups excluding tert-OH is 1. The molecule has 1 saturated carbocycles. The minimum absolute atomic E-state index is 0.100. The Bertz CT molecular complexity index is 271. The fourth-order valence-corrected chi connectivity index (χ4v) is 3.00. The van der Waals surface area contributed by atoms with Gasteiger partial charge in [0.25, 0.3) is 0 Å². The van der Waals surface area contributed by atoms with Crippen molar-refractivity contribution in [1.82, 2.24) is 4.90 Å². The first-order valence-electron chi connectivity index (χ1n) is 6.78. The molecule has 1 atom stereocenters. The van der Waals surface area contributed by atoms with Crippen LogP contribution in [0.25, 0.3) is 0 Å². The van der Waals surface area contributed by atoms with Gasteiger partial charge in [0, 0.05) is 26.1 Å².